The van der Waals surface area contributed by atoms with Crippen molar-refractivity contribution in [1.82, 2.24) is 4.98 Å². The lowest BCUT2D eigenvalue weighted by Gasteiger charge is -2.04. The molecular formula is C10H8ClN3O2S. The fraction of sp³-hybridized carbons (Fsp3) is 0.100. The van der Waals surface area contributed by atoms with Gasteiger partial charge in [0.2, 0.25) is 0 Å². The Hall–Kier alpha value is -1.66. The Morgan fingerprint density at radius 3 is 2.94 bits per heavy atom. The highest BCUT2D eigenvalue weighted by atomic mass is 35.5. The highest BCUT2D eigenvalue weighted by Crippen LogP contribution is 2.27. The van der Waals surface area contributed by atoms with E-state index in [9.17, 15) is 10.1 Å². The van der Waals surface area contributed by atoms with Crippen LogP contribution in [0.15, 0.2) is 29.9 Å². The fourth-order valence-corrected chi connectivity index (χ4v) is 2.07. The summed E-state index contributed by atoms with van der Waals surface area (Å²) < 4.78 is 0. The minimum Gasteiger partial charge on any atom is -0.380 e. The lowest BCUT2D eigenvalue weighted by molar-refractivity contribution is -0.384. The van der Waals surface area contributed by atoms with Gasteiger partial charge in [-0.1, -0.05) is 11.6 Å². The van der Waals surface area contributed by atoms with Gasteiger partial charge >= 0.3 is 0 Å². The van der Waals surface area contributed by atoms with Gasteiger partial charge in [-0.15, -0.1) is 11.3 Å². The summed E-state index contributed by atoms with van der Waals surface area (Å²) in [6.07, 6.45) is 1.77. The van der Waals surface area contributed by atoms with Gasteiger partial charge in [-0.05, 0) is 12.1 Å². The second-order valence-electron chi connectivity index (χ2n) is 3.24. The molecular weight excluding hydrogens is 262 g/mol. The Morgan fingerprint density at radius 2 is 2.35 bits per heavy atom. The van der Waals surface area contributed by atoms with Crippen LogP contribution in [0, 0.1) is 10.1 Å². The summed E-state index contributed by atoms with van der Waals surface area (Å²) in [5.41, 5.74) is 2.41. The first-order chi connectivity index (χ1) is 8.16. The summed E-state index contributed by atoms with van der Waals surface area (Å²) in [4.78, 5) is 15.1. The number of anilines is 1. The van der Waals surface area contributed by atoms with Crippen LogP contribution in [0.3, 0.4) is 0 Å². The van der Waals surface area contributed by atoms with Crippen LogP contribution < -0.4 is 5.32 Å². The second kappa shape index (κ2) is 5.11. The maximum atomic E-state index is 10.6. The van der Waals surface area contributed by atoms with Crippen molar-refractivity contribution in [3.63, 3.8) is 0 Å². The zero-order valence-electron chi connectivity index (χ0n) is 8.59. The number of nitro groups is 1. The molecule has 0 spiro atoms. The molecule has 0 radical (unpaired) electrons. The van der Waals surface area contributed by atoms with Gasteiger partial charge in [0.15, 0.2) is 0 Å². The standard InChI is InChI=1S/C10H8ClN3O2S/c11-9-3-7(1-2-10(9)14(15)16)13-5-8-4-12-6-17-8/h1-4,6,13H,5H2. The smallest absolute Gasteiger partial charge is 0.288 e. The number of nitrogens with one attached hydrogen (secondary N) is 1. The Bertz CT molecular complexity index is 530. The molecule has 1 N–H and O–H groups in total. The van der Waals surface area contributed by atoms with Gasteiger partial charge in [0.25, 0.3) is 5.69 Å². The normalized spacial score (nSPS) is 10.2. The summed E-state index contributed by atoms with van der Waals surface area (Å²) in [5.74, 6) is 0. The quantitative estimate of drug-likeness (QED) is 0.683. The van der Waals surface area contributed by atoms with E-state index in [2.05, 4.69) is 10.3 Å². The molecule has 1 heterocycles. The number of nitro benzene ring substituents is 1. The van der Waals surface area contributed by atoms with Crippen LogP contribution in [0.1, 0.15) is 4.88 Å². The van der Waals surface area contributed by atoms with Gasteiger partial charge in [-0.25, -0.2) is 0 Å². The van der Waals surface area contributed by atoms with Crippen molar-refractivity contribution < 1.29 is 4.92 Å². The maximum Gasteiger partial charge on any atom is 0.288 e. The van der Waals surface area contributed by atoms with Crippen LogP contribution in [-0.4, -0.2) is 9.91 Å². The summed E-state index contributed by atoms with van der Waals surface area (Å²) in [5, 5.41) is 13.8. The van der Waals surface area contributed by atoms with Crippen molar-refractivity contribution in [2.24, 2.45) is 0 Å². The molecule has 7 heteroatoms. The number of aromatic nitrogens is 1. The van der Waals surface area contributed by atoms with Gasteiger partial charge in [-0.3, -0.25) is 15.1 Å². The van der Waals surface area contributed by atoms with Crippen molar-refractivity contribution in [2.45, 2.75) is 6.54 Å². The number of nitrogens with zero attached hydrogens (tertiary/aromatic N) is 2. The summed E-state index contributed by atoms with van der Waals surface area (Å²) >= 11 is 7.33. The molecule has 0 aliphatic heterocycles. The Labute approximate surface area is 106 Å². The first-order valence-corrected chi connectivity index (χ1v) is 5.98. The van der Waals surface area contributed by atoms with E-state index in [4.69, 9.17) is 11.6 Å². The van der Waals surface area contributed by atoms with Crippen LogP contribution in [0.4, 0.5) is 11.4 Å². The van der Waals surface area contributed by atoms with E-state index < -0.39 is 4.92 Å². The van der Waals surface area contributed by atoms with E-state index >= 15 is 0 Å². The zero-order valence-corrected chi connectivity index (χ0v) is 10.2. The van der Waals surface area contributed by atoms with Crippen molar-refractivity contribution in [1.29, 1.82) is 0 Å². The molecule has 1 aromatic carbocycles. The molecule has 88 valence electrons. The van der Waals surface area contributed by atoms with E-state index in [-0.39, 0.29) is 10.7 Å². The predicted octanol–water partition coefficient (Wildman–Crippen LogP) is 3.32. The lowest BCUT2D eigenvalue weighted by atomic mass is 10.3. The van der Waals surface area contributed by atoms with Crippen molar-refractivity contribution in [3.05, 3.63) is 49.9 Å². The van der Waals surface area contributed by atoms with E-state index in [0.717, 1.165) is 10.6 Å². The predicted molar refractivity (Wildman–Crippen MR) is 67.5 cm³/mol. The minimum atomic E-state index is -0.505. The average Bonchev–Trinajstić information content (AvgIpc) is 2.78. The third kappa shape index (κ3) is 2.92. The molecule has 0 saturated carbocycles. The molecule has 0 unspecified atom stereocenters. The van der Waals surface area contributed by atoms with Crippen LogP contribution in [0.25, 0.3) is 0 Å². The Kier molecular flexibility index (Phi) is 3.55. The highest BCUT2D eigenvalue weighted by Gasteiger charge is 2.11. The number of hydrogen-bond acceptors (Lipinski definition) is 5. The Balaban J connectivity index is 2.07. The number of thiazole rings is 1. The van der Waals surface area contributed by atoms with E-state index in [0.29, 0.717) is 6.54 Å². The van der Waals surface area contributed by atoms with E-state index in [1.165, 1.54) is 17.4 Å². The van der Waals surface area contributed by atoms with Gasteiger partial charge in [0.05, 0.1) is 17.0 Å². The van der Waals surface area contributed by atoms with E-state index in [1.54, 1.807) is 23.8 Å². The topological polar surface area (TPSA) is 68.1 Å². The first-order valence-electron chi connectivity index (χ1n) is 4.72. The first kappa shape index (κ1) is 11.8. The van der Waals surface area contributed by atoms with Crippen LogP contribution in [0.2, 0.25) is 5.02 Å². The SMILES string of the molecule is O=[N+]([O-])c1ccc(NCc2cncs2)cc1Cl. The van der Waals surface area contributed by atoms with Crippen molar-refractivity contribution >= 4 is 34.3 Å². The van der Waals surface area contributed by atoms with Gasteiger partial charge in [0.1, 0.15) is 5.02 Å². The third-order valence-corrected chi connectivity index (χ3v) is 3.18. The van der Waals surface area contributed by atoms with Gasteiger partial charge in [0, 0.05) is 22.8 Å². The molecule has 2 rings (SSSR count). The summed E-state index contributed by atoms with van der Waals surface area (Å²) in [7, 11) is 0. The lowest BCUT2D eigenvalue weighted by Crippen LogP contribution is -1.98. The minimum absolute atomic E-state index is 0.0880. The number of hydrogen-bond donors (Lipinski definition) is 1. The maximum absolute atomic E-state index is 10.6. The van der Waals surface area contributed by atoms with E-state index in [1.807, 2.05) is 0 Å². The highest BCUT2D eigenvalue weighted by molar-refractivity contribution is 7.09. The molecule has 0 bridgehead atoms. The molecule has 0 amide bonds. The molecule has 2 aromatic rings. The fourth-order valence-electron chi connectivity index (χ4n) is 1.28. The number of rotatable bonds is 4. The summed E-state index contributed by atoms with van der Waals surface area (Å²) in [6.45, 7) is 0.624. The van der Waals surface area contributed by atoms with Gasteiger partial charge < -0.3 is 5.32 Å². The molecule has 1 aromatic heterocycles. The zero-order chi connectivity index (χ0) is 12.3. The molecule has 5 nitrogen and oxygen atoms in total. The van der Waals surface area contributed by atoms with Crippen LogP contribution in [0.5, 0.6) is 0 Å². The average molecular weight is 270 g/mol. The van der Waals surface area contributed by atoms with Crippen molar-refractivity contribution in [3.8, 4) is 0 Å². The molecule has 17 heavy (non-hydrogen) atoms. The molecule has 0 aliphatic rings. The summed E-state index contributed by atoms with van der Waals surface area (Å²) in [6, 6.07) is 4.56. The largest absolute Gasteiger partial charge is 0.380 e. The van der Waals surface area contributed by atoms with Crippen LogP contribution >= 0.6 is 22.9 Å². The van der Waals surface area contributed by atoms with Crippen molar-refractivity contribution in [2.75, 3.05) is 5.32 Å². The molecule has 0 aliphatic carbocycles. The van der Waals surface area contributed by atoms with Gasteiger partial charge in [-0.2, -0.15) is 0 Å². The third-order valence-electron chi connectivity index (χ3n) is 2.09. The molecule has 0 atom stereocenters. The molecule has 0 saturated heterocycles. The molecule has 0 fully saturated rings. The monoisotopic (exact) mass is 269 g/mol. The number of halogens is 1. The Morgan fingerprint density at radius 1 is 1.53 bits per heavy atom. The van der Waals surface area contributed by atoms with Crippen LogP contribution in [-0.2, 0) is 6.54 Å². The number of benzene rings is 1. The second-order valence-corrected chi connectivity index (χ2v) is 4.62.